The normalized spacial score (nSPS) is 8.00. The zero-order chi connectivity index (χ0) is 6.73. The van der Waals surface area contributed by atoms with E-state index >= 15 is 0 Å². The van der Waals surface area contributed by atoms with E-state index in [0.29, 0.717) is 0 Å². The summed E-state index contributed by atoms with van der Waals surface area (Å²) >= 11 is -4.27. The second-order valence-electron chi connectivity index (χ2n) is 0.939. The van der Waals surface area contributed by atoms with Gasteiger partial charge in [-0.05, 0) is 0 Å². The molecule has 0 bridgehead atoms. The first-order valence-electron chi connectivity index (χ1n) is 1.56. The summed E-state index contributed by atoms with van der Waals surface area (Å²) in [5.74, 6) is 0. The molecule has 0 aromatic carbocycles. The van der Waals surface area contributed by atoms with Gasteiger partial charge in [0.2, 0.25) is 0 Å². The van der Waals surface area contributed by atoms with Gasteiger partial charge in [-0.15, -0.1) is 0 Å². The van der Waals surface area contributed by atoms with Gasteiger partial charge in [-0.1, -0.05) is 0 Å². The average molecular weight is 197 g/mol. The fourth-order valence-electron chi connectivity index (χ4n) is 0.0915. The van der Waals surface area contributed by atoms with Crippen LogP contribution in [-0.2, 0) is 24.6 Å². The van der Waals surface area contributed by atoms with Crippen LogP contribution in [0.4, 0.5) is 9.59 Å². The molecule has 2 N–H and O–H groups in total. The van der Waals surface area contributed by atoms with Gasteiger partial charge in [-0.3, -0.25) is 0 Å². The van der Waals surface area contributed by atoms with Crippen LogP contribution < -0.4 is 0 Å². The van der Waals surface area contributed by atoms with Crippen LogP contribution in [0.5, 0.6) is 0 Å². The first-order chi connectivity index (χ1) is 3.55. The van der Waals surface area contributed by atoms with Crippen LogP contribution in [0.15, 0.2) is 0 Å². The van der Waals surface area contributed by atoms with Gasteiger partial charge in [0, 0.05) is 0 Å². The molecule has 0 aliphatic carbocycles. The van der Waals surface area contributed by atoms with Crippen LogP contribution in [0.1, 0.15) is 0 Å². The van der Waals surface area contributed by atoms with E-state index in [0.717, 1.165) is 0 Å². The first-order valence-corrected chi connectivity index (χ1v) is 5.02. The minimum absolute atomic E-state index is 1.67. The van der Waals surface area contributed by atoms with Crippen molar-refractivity contribution >= 4 is 7.35 Å². The predicted molar refractivity (Wildman–Crippen MR) is 16.7 cm³/mol. The molecule has 5 nitrogen and oxygen atoms in total. The topological polar surface area (TPSA) is 91.7 Å². The van der Waals surface area contributed by atoms with E-state index in [9.17, 15) is 12.4 Å². The van der Waals surface area contributed by atoms with Crippen molar-refractivity contribution in [1.82, 2.24) is 0 Å². The van der Waals surface area contributed by atoms with Crippen LogP contribution in [0.25, 0.3) is 0 Å². The number of rotatable bonds is 2. The van der Waals surface area contributed by atoms with E-state index in [1.54, 1.807) is 0 Å². The Balaban J connectivity index is 4.05. The molecule has 0 spiro atoms. The second-order valence-corrected chi connectivity index (χ2v) is 4.66. The van der Waals surface area contributed by atoms with E-state index in [1.165, 1.54) is 0 Å². The van der Waals surface area contributed by atoms with E-state index < -0.39 is 29.1 Å². The third kappa shape index (κ3) is 2.07. The third-order valence-electron chi connectivity index (χ3n) is 0.388. The Hall–Kier alpha value is -0.377. The molecule has 0 saturated heterocycles. The molecule has 44 valence electrons. The Morgan fingerprint density at radius 3 is 1.38 bits per heavy atom. The van der Waals surface area contributed by atoms with Crippen molar-refractivity contribution in [3.63, 3.8) is 0 Å². The monoisotopic (exact) mass is 196 g/mol. The zero-order valence-corrected chi connectivity index (χ0v) is 6.08. The Kier molecular flexibility index (Phi) is 2.68. The molecule has 8 heavy (non-hydrogen) atoms. The molecular weight excluding hydrogens is 195 g/mol. The molecule has 0 fully saturated rings. The fraction of sp³-hybridized carbons (Fsp3) is 0. The molecule has 0 atom stereocenters. The van der Waals surface area contributed by atoms with Crippen LogP contribution in [0.3, 0.4) is 0 Å². The van der Waals surface area contributed by atoms with Crippen LogP contribution in [0.2, 0.25) is 0 Å². The van der Waals surface area contributed by atoms with Crippen molar-refractivity contribution in [2.45, 2.75) is 0 Å². The van der Waals surface area contributed by atoms with Crippen molar-refractivity contribution < 1.29 is 44.4 Å². The van der Waals surface area contributed by atoms with Crippen LogP contribution in [0, 0.1) is 0 Å². The number of carboxylic acid groups (broad SMARTS) is 2. The van der Waals surface area contributed by atoms with Crippen molar-refractivity contribution in [2.75, 3.05) is 0 Å². The fourth-order valence-corrected chi connectivity index (χ4v) is 0.541. The molecule has 0 rings (SSSR count). The molecule has 0 heterocycles. The van der Waals surface area contributed by atoms with Crippen LogP contribution >= 0.6 is 0 Å². The van der Waals surface area contributed by atoms with Gasteiger partial charge in [0.1, 0.15) is 0 Å². The van der Waals surface area contributed by atoms with Crippen LogP contribution in [-0.4, -0.2) is 17.6 Å². The SMILES string of the molecule is O=[C](O)[Zr](=[O])[C](=O)O. The summed E-state index contributed by atoms with van der Waals surface area (Å²) in [4.78, 5) is 19.1. The summed E-state index contributed by atoms with van der Waals surface area (Å²) < 4.78 is 6.59. The molecule has 0 aliphatic rings. The van der Waals surface area contributed by atoms with E-state index in [4.69, 9.17) is 10.2 Å². The predicted octanol–water partition coefficient (Wildman–Crippen LogP) is 0.306. The van der Waals surface area contributed by atoms with Gasteiger partial charge in [0.25, 0.3) is 0 Å². The molecule has 0 unspecified atom stereocenters. The van der Waals surface area contributed by atoms with E-state index in [2.05, 4.69) is 0 Å². The summed E-state index contributed by atoms with van der Waals surface area (Å²) in [6, 6.07) is 0. The van der Waals surface area contributed by atoms with Gasteiger partial charge in [0.05, 0.1) is 0 Å². The molecule has 0 radical (unpaired) electrons. The van der Waals surface area contributed by atoms with Crippen molar-refractivity contribution in [3.05, 3.63) is 0 Å². The van der Waals surface area contributed by atoms with Crippen molar-refractivity contribution in [2.24, 2.45) is 0 Å². The summed E-state index contributed by atoms with van der Waals surface area (Å²) in [7, 11) is 0. The second kappa shape index (κ2) is 2.82. The first kappa shape index (κ1) is 7.62. The van der Waals surface area contributed by atoms with Gasteiger partial charge in [-0.2, -0.15) is 0 Å². The zero-order valence-electron chi connectivity index (χ0n) is 3.62. The third-order valence-corrected chi connectivity index (χ3v) is 2.30. The number of hydrogen-bond donors (Lipinski definition) is 2. The Labute approximate surface area is 52.0 Å². The number of carbonyl (C=O) groups is 2. The Bertz CT molecular complexity index is 133. The van der Waals surface area contributed by atoms with E-state index in [-0.39, 0.29) is 0 Å². The summed E-state index contributed by atoms with van der Waals surface area (Å²) in [6.45, 7) is 0. The standard InChI is InChI=1S/2CHO2.O.Zr/c2*2-1-3;;/h2*(H,2,3);;. The Morgan fingerprint density at radius 2 is 1.38 bits per heavy atom. The molecule has 0 aromatic heterocycles. The summed E-state index contributed by atoms with van der Waals surface area (Å²) in [5, 5.41) is 15.5. The molecular formula is C2H2O5Zr. The summed E-state index contributed by atoms with van der Waals surface area (Å²) in [5.41, 5.74) is 0. The molecule has 0 saturated carbocycles. The molecule has 0 amide bonds. The van der Waals surface area contributed by atoms with Gasteiger partial charge in [-0.25, -0.2) is 0 Å². The van der Waals surface area contributed by atoms with E-state index in [1.807, 2.05) is 0 Å². The van der Waals surface area contributed by atoms with Crippen molar-refractivity contribution in [3.8, 4) is 0 Å². The molecule has 6 heteroatoms. The Morgan fingerprint density at radius 1 is 1.12 bits per heavy atom. The average Bonchev–Trinajstić information content (AvgIpc) is 1.64. The van der Waals surface area contributed by atoms with Gasteiger partial charge in [0.15, 0.2) is 0 Å². The van der Waals surface area contributed by atoms with Crippen molar-refractivity contribution in [1.29, 1.82) is 0 Å². The quantitative estimate of drug-likeness (QED) is 0.664. The molecule has 0 aliphatic heterocycles. The maximum atomic E-state index is 9.92. The van der Waals surface area contributed by atoms with Gasteiger partial charge < -0.3 is 0 Å². The number of hydrogen-bond acceptors (Lipinski definition) is 3. The molecule has 0 aromatic rings. The maximum absolute atomic E-state index is 9.92. The minimum atomic E-state index is -4.27. The summed E-state index contributed by atoms with van der Waals surface area (Å²) in [6.07, 6.45) is 0. The van der Waals surface area contributed by atoms with Gasteiger partial charge >= 0.3 is 51.7 Å².